The van der Waals surface area contributed by atoms with Crippen LogP contribution in [0.5, 0.6) is 0 Å². The molecule has 2 N–H and O–H groups in total. The van der Waals surface area contributed by atoms with Crippen molar-refractivity contribution in [3.8, 4) is 23.6 Å². The summed E-state index contributed by atoms with van der Waals surface area (Å²) in [6.07, 6.45) is 7.00. The number of aryl methyl sites for hydroxylation is 2. The summed E-state index contributed by atoms with van der Waals surface area (Å²) in [7, 11) is 0. The SMILES string of the molecule is C#CCNC(=O)c1c(C)nn2c(=O)cc(-c3cccc4c3cnn4CC)[nH]c12. The summed E-state index contributed by atoms with van der Waals surface area (Å²) < 4.78 is 3.08. The van der Waals surface area contributed by atoms with Gasteiger partial charge in [0.05, 0.1) is 29.6 Å². The maximum atomic E-state index is 12.7. The van der Waals surface area contributed by atoms with Crippen LogP contribution in [0.2, 0.25) is 0 Å². The van der Waals surface area contributed by atoms with Crippen LogP contribution in [0.4, 0.5) is 0 Å². The van der Waals surface area contributed by atoms with E-state index >= 15 is 0 Å². The third-order valence-electron chi connectivity index (χ3n) is 4.65. The molecule has 0 unspecified atom stereocenters. The predicted molar refractivity (Wildman–Crippen MR) is 106 cm³/mol. The van der Waals surface area contributed by atoms with Crippen molar-refractivity contribution in [3.63, 3.8) is 0 Å². The molecule has 0 fully saturated rings. The molecule has 4 aromatic rings. The molecule has 3 aromatic heterocycles. The number of terminal acetylenes is 1. The standard InChI is InChI=1S/C20H18N6O2/c1-4-9-21-20(28)18-12(3)24-26-17(27)10-15(23-19(18)26)13-7-6-8-16-14(13)11-22-25(16)5-2/h1,6-8,10-11,23H,5,9H2,2-3H3,(H,21,28). The van der Waals surface area contributed by atoms with E-state index in [2.05, 4.69) is 26.4 Å². The Morgan fingerprint density at radius 3 is 2.96 bits per heavy atom. The quantitative estimate of drug-likeness (QED) is 0.532. The van der Waals surface area contributed by atoms with Crippen LogP contribution in [-0.4, -0.2) is 36.8 Å². The number of carbonyl (C=O) groups excluding carboxylic acids is 1. The van der Waals surface area contributed by atoms with Gasteiger partial charge in [-0.3, -0.25) is 14.3 Å². The second-order valence-electron chi connectivity index (χ2n) is 6.33. The fourth-order valence-electron chi connectivity index (χ4n) is 3.38. The van der Waals surface area contributed by atoms with Crippen LogP contribution in [0.1, 0.15) is 23.0 Å². The first kappa shape index (κ1) is 17.5. The number of fused-ring (bicyclic) bond motifs is 2. The van der Waals surface area contributed by atoms with Gasteiger partial charge < -0.3 is 10.3 Å². The van der Waals surface area contributed by atoms with Crippen molar-refractivity contribution in [1.29, 1.82) is 0 Å². The minimum absolute atomic E-state index is 0.0923. The van der Waals surface area contributed by atoms with Gasteiger partial charge in [-0.25, -0.2) is 0 Å². The molecule has 0 saturated heterocycles. The number of rotatable bonds is 4. The summed E-state index contributed by atoms with van der Waals surface area (Å²) in [6, 6.07) is 7.28. The van der Waals surface area contributed by atoms with Crippen LogP contribution in [0.25, 0.3) is 27.8 Å². The van der Waals surface area contributed by atoms with Crippen LogP contribution in [0, 0.1) is 19.3 Å². The lowest BCUT2D eigenvalue weighted by Gasteiger charge is -2.07. The number of amides is 1. The third-order valence-corrected chi connectivity index (χ3v) is 4.65. The van der Waals surface area contributed by atoms with Gasteiger partial charge >= 0.3 is 0 Å². The number of aromatic amines is 1. The zero-order valence-corrected chi connectivity index (χ0v) is 15.5. The molecule has 0 bridgehead atoms. The van der Waals surface area contributed by atoms with Gasteiger partial charge in [-0.1, -0.05) is 18.1 Å². The van der Waals surface area contributed by atoms with Crippen LogP contribution in [0.15, 0.2) is 35.3 Å². The summed E-state index contributed by atoms with van der Waals surface area (Å²) >= 11 is 0. The number of nitrogens with zero attached hydrogens (tertiary/aromatic N) is 4. The molecule has 140 valence electrons. The Morgan fingerprint density at radius 1 is 1.39 bits per heavy atom. The van der Waals surface area contributed by atoms with E-state index in [1.807, 2.05) is 29.8 Å². The van der Waals surface area contributed by atoms with Gasteiger partial charge in [0.2, 0.25) is 0 Å². The molecule has 28 heavy (non-hydrogen) atoms. The van der Waals surface area contributed by atoms with E-state index in [-0.39, 0.29) is 18.0 Å². The minimum Gasteiger partial charge on any atom is -0.341 e. The number of H-pyrrole nitrogens is 1. The Balaban J connectivity index is 1.95. The zero-order valence-electron chi connectivity index (χ0n) is 15.5. The number of hydrogen-bond acceptors (Lipinski definition) is 4. The highest BCUT2D eigenvalue weighted by atomic mass is 16.2. The molecular formula is C20H18N6O2. The Kier molecular flexibility index (Phi) is 4.20. The van der Waals surface area contributed by atoms with Gasteiger partial charge in [0, 0.05) is 23.6 Å². The summed E-state index contributed by atoms with van der Waals surface area (Å²) in [5.41, 5.74) is 3.12. The average Bonchev–Trinajstić information content (AvgIpc) is 3.26. The van der Waals surface area contributed by atoms with E-state index in [1.165, 1.54) is 10.6 Å². The first-order chi connectivity index (χ1) is 13.5. The average molecular weight is 374 g/mol. The molecule has 1 aromatic carbocycles. The van der Waals surface area contributed by atoms with Gasteiger partial charge in [0.1, 0.15) is 5.56 Å². The Hall–Kier alpha value is -3.86. The Bertz CT molecular complexity index is 1320. The number of benzene rings is 1. The zero-order chi connectivity index (χ0) is 19.8. The van der Waals surface area contributed by atoms with Gasteiger partial charge in [0.25, 0.3) is 11.5 Å². The lowest BCUT2D eigenvalue weighted by molar-refractivity contribution is 0.0959. The molecule has 3 heterocycles. The normalized spacial score (nSPS) is 11.0. The summed E-state index contributed by atoms with van der Waals surface area (Å²) in [5.74, 6) is 1.98. The molecule has 0 aliphatic rings. The Labute approximate surface area is 160 Å². The summed E-state index contributed by atoms with van der Waals surface area (Å²) in [6.45, 7) is 4.53. The van der Waals surface area contributed by atoms with Crippen molar-refractivity contribution in [3.05, 3.63) is 52.1 Å². The molecule has 0 radical (unpaired) electrons. The third kappa shape index (κ3) is 2.65. The molecule has 4 rings (SSSR count). The number of aromatic nitrogens is 5. The minimum atomic E-state index is -0.379. The summed E-state index contributed by atoms with van der Waals surface area (Å²) in [4.78, 5) is 28.4. The maximum absolute atomic E-state index is 12.7. The second kappa shape index (κ2) is 6.70. The second-order valence-corrected chi connectivity index (χ2v) is 6.33. The van der Waals surface area contributed by atoms with Crippen molar-refractivity contribution in [2.24, 2.45) is 0 Å². The molecule has 8 heteroatoms. The van der Waals surface area contributed by atoms with Crippen LogP contribution < -0.4 is 10.9 Å². The molecule has 0 spiro atoms. The van der Waals surface area contributed by atoms with Crippen LogP contribution in [0.3, 0.4) is 0 Å². The first-order valence-corrected chi connectivity index (χ1v) is 8.84. The Morgan fingerprint density at radius 2 is 2.21 bits per heavy atom. The van der Waals surface area contributed by atoms with Crippen molar-refractivity contribution >= 4 is 22.5 Å². The number of hydrogen-bond donors (Lipinski definition) is 2. The van der Waals surface area contributed by atoms with E-state index in [4.69, 9.17) is 6.42 Å². The molecule has 0 atom stereocenters. The lowest BCUT2D eigenvalue weighted by atomic mass is 10.1. The largest absolute Gasteiger partial charge is 0.341 e. The van der Waals surface area contributed by atoms with Crippen LogP contribution >= 0.6 is 0 Å². The fraction of sp³-hybridized carbons (Fsp3) is 0.200. The van der Waals surface area contributed by atoms with Crippen molar-refractivity contribution in [2.45, 2.75) is 20.4 Å². The lowest BCUT2D eigenvalue weighted by Crippen LogP contribution is -2.24. The topological polar surface area (TPSA) is 97.1 Å². The highest BCUT2D eigenvalue weighted by Gasteiger charge is 2.20. The monoisotopic (exact) mass is 374 g/mol. The van der Waals surface area contributed by atoms with Crippen molar-refractivity contribution in [1.82, 2.24) is 29.7 Å². The van der Waals surface area contributed by atoms with Gasteiger partial charge in [0.15, 0.2) is 5.65 Å². The van der Waals surface area contributed by atoms with Crippen molar-refractivity contribution in [2.75, 3.05) is 6.54 Å². The number of carbonyl (C=O) groups is 1. The summed E-state index contributed by atoms with van der Waals surface area (Å²) in [5, 5.41) is 12.1. The molecule has 0 aliphatic heterocycles. The first-order valence-electron chi connectivity index (χ1n) is 8.84. The van der Waals surface area contributed by atoms with Crippen LogP contribution in [-0.2, 0) is 6.54 Å². The van der Waals surface area contributed by atoms with Gasteiger partial charge in [-0.15, -0.1) is 6.42 Å². The molecule has 1 amide bonds. The molecule has 8 nitrogen and oxygen atoms in total. The van der Waals surface area contributed by atoms with E-state index in [9.17, 15) is 9.59 Å². The molecule has 0 aliphatic carbocycles. The van der Waals surface area contributed by atoms with E-state index in [0.29, 0.717) is 22.6 Å². The number of nitrogens with one attached hydrogen (secondary N) is 2. The smallest absolute Gasteiger partial charge is 0.274 e. The highest BCUT2D eigenvalue weighted by Crippen LogP contribution is 2.27. The van der Waals surface area contributed by atoms with Crippen molar-refractivity contribution < 1.29 is 4.79 Å². The predicted octanol–water partition coefficient (Wildman–Crippen LogP) is 1.73. The molecular weight excluding hydrogens is 356 g/mol. The van der Waals surface area contributed by atoms with E-state index < -0.39 is 0 Å². The fourth-order valence-corrected chi connectivity index (χ4v) is 3.38. The maximum Gasteiger partial charge on any atom is 0.274 e. The van der Waals surface area contributed by atoms with E-state index in [0.717, 1.165) is 23.0 Å². The van der Waals surface area contributed by atoms with Gasteiger partial charge in [-0.05, 0) is 19.9 Å². The van der Waals surface area contributed by atoms with E-state index in [1.54, 1.807) is 13.1 Å². The highest BCUT2D eigenvalue weighted by molar-refractivity contribution is 6.01. The van der Waals surface area contributed by atoms with Gasteiger partial charge in [-0.2, -0.15) is 14.7 Å². The molecule has 0 saturated carbocycles.